The highest BCUT2D eigenvalue weighted by Crippen LogP contribution is 2.40. The number of hydrogen-bond acceptors (Lipinski definition) is 4. The van der Waals surface area contributed by atoms with Gasteiger partial charge in [0.15, 0.2) is 0 Å². The van der Waals surface area contributed by atoms with E-state index in [0.717, 1.165) is 11.1 Å². The van der Waals surface area contributed by atoms with Crippen LogP contribution < -0.4 is 9.47 Å². The predicted molar refractivity (Wildman–Crippen MR) is 75.5 cm³/mol. The summed E-state index contributed by atoms with van der Waals surface area (Å²) in [6.07, 6.45) is 0.0160. The Hall–Kier alpha value is -1.75. The molecular weight excluding hydrogens is 260 g/mol. The first-order valence-electron chi connectivity index (χ1n) is 6.32. The van der Waals surface area contributed by atoms with E-state index in [2.05, 4.69) is 0 Å². The van der Waals surface area contributed by atoms with Gasteiger partial charge >= 0.3 is 5.97 Å². The van der Waals surface area contributed by atoms with Crippen molar-refractivity contribution in [3.8, 4) is 11.5 Å². The van der Waals surface area contributed by atoms with Crippen molar-refractivity contribution in [1.82, 2.24) is 0 Å². The number of carboxylic acids is 1. The zero-order chi connectivity index (χ0) is 15.3. The summed E-state index contributed by atoms with van der Waals surface area (Å²) in [5.74, 6) is 0.442. The fourth-order valence-electron chi connectivity index (χ4n) is 2.32. The molecule has 0 heterocycles. The van der Waals surface area contributed by atoms with Gasteiger partial charge in [-0.1, -0.05) is 19.9 Å². The summed E-state index contributed by atoms with van der Waals surface area (Å²) >= 11 is 0. The maximum Gasteiger partial charge on any atom is 0.304 e. The Kier molecular flexibility index (Phi) is 5.39. The van der Waals surface area contributed by atoms with Gasteiger partial charge in [-0.3, -0.25) is 4.79 Å². The van der Waals surface area contributed by atoms with Gasteiger partial charge in [0.25, 0.3) is 0 Å². The van der Waals surface area contributed by atoms with Gasteiger partial charge in [-0.2, -0.15) is 0 Å². The molecule has 0 aromatic heterocycles. The minimum absolute atomic E-state index is 0.0160. The third-order valence-electron chi connectivity index (χ3n) is 3.25. The monoisotopic (exact) mass is 282 g/mol. The fourth-order valence-corrected chi connectivity index (χ4v) is 2.32. The van der Waals surface area contributed by atoms with E-state index in [9.17, 15) is 4.79 Å². The van der Waals surface area contributed by atoms with Crippen molar-refractivity contribution in [3.05, 3.63) is 23.3 Å². The topological polar surface area (TPSA) is 65.0 Å². The molecule has 112 valence electrons. The number of carboxylic acid groups (broad SMARTS) is 1. The van der Waals surface area contributed by atoms with E-state index in [0.29, 0.717) is 18.1 Å². The van der Waals surface area contributed by atoms with Crippen molar-refractivity contribution in [2.75, 3.05) is 21.3 Å². The van der Waals surface area contributed by atoms with Gasteiger partial charge in [0.05, 0.1) is 32.8 Å². The molecule has 0 amide bonds. The van der Waals surface area contributed by atoms with Crippen LogP contribution in [0.2, 0.25) is 0 Å². The minimum atomic E-state index is -0.846. The molecule has 0 radical (unpaired) electrons. The third-order valence-corrected chi connectivity index (χ3v) is 3.25. The molecule has 1 rings (SSSR count). The highest BCUT2D eigenvalue weighted by molar-refractivity contribution is 5.69. The first-order valence-corrected chi connectivity index (χ1v) is 6.32. The zero-order valence-electron chi connectivity index (χ0n) is 12.6. The Labute approximate surface area is 119 Å². The van der Waals surface area contributed by atoms with E-state index in [1.54, 1.807) is 21.3 Å². The van der Waals surface area contributed by atoms with Gasteiger partial charge in [0, 0.05) is 18.1 Å². The summed E-state index contributed by atoms with van der Waals surface area (Å²) in [6, 6.07) is 3.66. The lowest BCUT2D eigenvalue weighted by atomic mass is 9.80. The van der Waals surface area contributed by atoms with Crippen molar-refractivity contribution in [1.29, 1.82) is 0 Å². The van der Waals surface area contributed by atoms with Crippen LogP contribution in [0.25, 0.3) is 0 Å². The van der Waals surface area contributed by atoms with Crippen molar-refractivity contribution >= 4 is 5.97 Å². The molecular formula is C15H22O5. The number of ether oxygens (including phenoxy) is 3. The summed E-state index contributed by atoms with van der Waals surface area (Å²) in [6.45, 7) is 4.09. The summed E-state index contributed by atoms with van der Waals surface area (Å²) < 4.78 is 16.0. The van der Waals surface area contributed by atoms with Crippen molar-refractivity contribution in [2.45, 2.75) is 32.3 Å². The molecule has 5 nitrogen and oxygen atoms in total. The third kappa shape index (κ3) is 3.42. The first-order chi connectivity index (χ1) is 9.37. The van der Waals surface area contributed by atoms with Crippen molar-refractivity contribution in [2.24, 2.45) is 0 Å². The Bertz CT molecular complexity index is 479. The van der Waals surface area contributed by atoms with Crippen LogP contribution in [0.5, 0.6) is 11.5 Å². The number of methoxy groups -OCH3 is 3. The molecule has 0 aliphatic heterocycles. The number of hydrogen-bond donors (Lipinski definition) is 1. The molecule has 1 aromatic carbocycles. The Balaban J connectivity index is 3.40. The average Bonchev–Trinajstić information content (AvgIpc) is 2.36. The second kappa shape index (κ2) is 6.61. The predicted octanol–water partition coefficient (Wildman–Crippen LogP) is 2.60. The molecule has 20 heavy (non-hydrogen) atoms. The van der Waals surface area contributed by atoms with Gasteiger partial charge in [-0.15, -0.1) is 0 Å². The van der Waals surface area contributed by atoms with Gasteiger partial charge in [-0.05, 0) is 6.07 Å². The molecule has 0 unspecified atom stereocenters. The largest absolute Gasteiger partial charge is 0.496 e. The molecule has 0 aliphatic carbocycles. The van der Waals surface area contributed by atoms with Crippen LogP contribution in [0.1, 0.15) is 31.4 Å². The second-order valence-corrected chi connectivity index (χ2v) is 5.21. The number of benzene rings is 1. The van der Waals surface area contributed by atoms with Crippen LogP contribution in [0, 0.1) is 0 Å². The van der Waals surface area contributed by atoms with Crippen LogP contribution in [0.15, 0.2) is 12.1 Å². The van der Waals surface area contributed by atoms with Gasteiger partial charge in [-0.25, -0.2) is 0 Å². The molecule has 0 saturated heterocycles. The molecule has 1 N–H and O–H groups in total. The van der Waals surface area contributed by atoms with Crippen LogP contribution >= 0.6 is 0 Å². The standard InChI is InChI=1S/C15H22O5/c1-15(2,8-13(16)17)11-6-7-12(19-4)10(9-18-3)14(11)20-5/h6-7H,8-9H2,1-5H3,(H,16,17). The van der Waals surface area contributed by atoms with E-state index < -0.39 is 11.4 Å². The van der Waals surface area contributed by atoms with Gasteiger partial charge in [0.2, 0.25) is 0 Å². The molecule has 5 heteroatoms. The van der Waals surface area contributed by atoms with E-state index in [-0.39, 0.29) is 6.42 Å². The lowest BCUT2D eigenvalue weighted by molar-refractivity contribution is -0.138. The molecule has 0 atom stereocenters. The quantitative estimate of drug-likeness (QED) is 0.832. The van der Waals surface area contributed by atoms with Crippen LogP contribution in [-0.2, 0) is 21.6 Å². The zero-order valence-corrected chi connectivity index (χ0v) is 12.6. The van der Waals surface area contributed by atoms with Crippen molar-refractivity contribution in [3.63, 3.8) is 0 Å². The molecule has 0 bridgehead atoms. The van der Waals surface area contributed by atoms with Crippen LogP contribution in [-0.4, -0.2) is 32.4 Å². The maximum atomic E-state index is 11.0. The summed E-state index contributed by atoms with van der Waals surface area (Å²) in [4.78, 5) is 11.0. The molecule has 0 aliphatic rings. The summed E-state index contributed by atoms with van der Waals surface area (Å²) in [5.41, 5.74) is 1.06. The highest BCUT2D eigenvalue weighted by Gasteiger charge is 2.29. The minimum Gasteiger partial charge on any atom is -0.496 e. The molecule has 0 fully saturated rings. The van der Waals surface area contributed by atoms with Crippen molar-refractivity contribution < 1.29 is 24.1 Å². The molecule has 0 saturated carbocycles. The fraction of sp³-hybridized carbons (Fsp3) is 0.533. The summed E-state index contributed by atoms with van der Waals surface area (Å²) in [7, 11) is 4.73. The van der Waals surface area contributed by atoms with Crippen LogP contribution in [0.4, 0.5) is 0 Å². The Morgan fingerprint density at radius 3 is 2.30 bits per heavy atom. The maximum absolute atomic E-state index is 11.0. The molecule has 0 spiro atoms. The highest BCUT2D eigenvalue weighted by atomic mass is 16.5. The Morgan fingerprint density at radius 1 is 1.20 bits per heavy atom. The van der Waals surface area contributed by atoms with E-state index in [1.807, 2.05) is 26.0 Å². The lowest BCUT2D eigenvalue weighted by Crippen LogP contribution is -2.23. The van der Waals surface area contributed by atoms with Gasteiger partial charge in [0.1, 0.15) is 11.5 Å². The smallest absolute Gasteiger partial charge is 0.304 e. The Morgan fingerprint density at radius 2 is 1.85 bits per heavy atom. The SMILES string of the molecule is COCc1c(OC)ccc(C(C)(C)CC(=O)O)c1OC. The number of rotatable bonds is 7. The van der Waals surface area contributed by atoms with E-state index >= 15 is 0 Å². The first kappa shape index (κ1) is 16.3. The lowest BCUT2D eigenvalue weighted by Gasteiger charge is -2.27. The number of carbonyl (C=O) groups is 1. The average molecular weight is 282 g/mol. The van der Waals surface area contributed by atoms with Gasteiger partial charge < -0.3 is 19.3 Å². The van der Waals surface area contributed by atoms with E-state index in [1.165, 1.54) is 0 Å². The number of aliphatic carboxylic acids is 1. The summed E-state index contributed by atoms with van der Waals surface area (Å²) in [5, 5.41) is 9.06. The van der Waals surface area contributed by atoms with Crippen LogP contribution in [0.3, 0.4) is 0 Å². The normalized spacial score (nSPS) is 11.2. The second-order valence-electron chi connectivity index (χ2n) is 5.21. The van der Waals surface area contributed by atoms with E-state index in [4.69, 9.17) is 19.3 Å². The molecule has 1 aromatic rings.